The summed E-state index contributed by atoms with van der Waals surface area (Å²) in [6.07, 6.45) is 1.55. The highest BCUT2D eigenvalue weighted by Gasteiger charge is 2.07. The molecule has 5 heteroatoms. The standard InChI is InChI=1S/C28H28N4O/c1-19(2)22-10-6-21(7-11-22)17-29-28(33)24-12-14-25(15-13-24)32-27-16-26(30-18-31-27)23-8-4-20(3)5-9-23/h4-16,18-19H,17H2,1-3H3,(H,29,33)(H,30,31,32). The molecule has 0 saturated carbocycles. The van der Waals surface area contributed by atoms with Gasteiger partial charge in [-0.15, -0.1) is 0 Å². The number of carbonyl (C=O) groups excluding carboxylic acids is 1. The van der Waals surface area contributed by atoms with Gasteiger partial charge in [0.25, 0.3) is 5.91 Å². The quantitative estimate of drug-likeness (QED) is 0.359. The average molecular weight is 437 g/mol. The molecule has 0 aliphatic rings. The van der Waals surface area contributed by atoms with Crippen molar-refractivity contribution in [3.05, 3.63) is 107 Å². The number of hydrogen-bond acceptors (Lipinski definition) is 4. The predicted molar refractivity (Wildman–Crippen MR) is 134 cm³/mol. The fourth-order valence-electron chi connectivity index (χ4n) is 3.47. The molecule has 1 aromatic heterocycles. The number of aryl methyl sites for hydroxylation is 1. The largest absolute Gasteiger partial charge is 0.348 e. The lowest BCUT2D eigenvalue weighted by molar-refractivity contribution is 0.0951. The normalized spacial score (nSPS) is 10.8. The molecule has 0 unspecified atom stereocenters. The molecule has 166 valence electrons. The lowest BCUT2D eigenvalue weighted by atomic mass is 10.0. The smallest absolute Gasteiger partial charge is 0.251 e. The van der Waals surface area contributed by atoms with Gasteiger partial charge in [0.15, 0.2) is 0 Å². The lowest BCUT2D eigenvalue weighted by Gasteiger charge is -2.10. The number of rotatable bonds is 7. The molecule has 3 aromatic carbocycles. The third-order valence-corrected chi connectivity index (χ3v) is 5.53. The van der Waals surface area contributed by atoms with E-state index in [9.17, 15) is 4.79 Å². The van der Waals surface area contributed by atoms with Crippen LogP contribution in [0.25, 0.3) is 11.3 Å². The molecule has 0 bridgehead atoms. The summed E-state index contributed by atoms with van der Waals surface area (Å²) >= 11 is 0. The Morgan fingerprint density at radius 3 is 2.24 bits per heavy atom. The Morgan fingerprint density at radius 1 is 0.879 bits per heavy atom. The highest BCUT2D eigenvalue weighted by atomic mass is 16.1. The van der Waals surface area contributed by atoms with E-state index in [1.54, 1.807) is 6.33 Å². The molecule has 0 saturated heterocycles. The summed E-state index contributed by atoms with van der Waals surface area (Å²) in [6.45, 7) is 6.90. The molecule has 0 aliphatic heterocycles. The molecular formula is C28H28N4O. The zero-order valence-electron chi connectivity index (χ0n) is 19.2. The van der Waals surface area contributed by atoms with Crippen molar-refractivity contribution in [1.29, 1.82) is 0 Å². The van der Waals surface area contributed by atoms with E-state index in [4.69, 9.17) is 0 Å². The average Bonchev–Trinajstić information content (AvgIpc) is 2.84. The van der Waals surface area contributed by atoms with Crippen molar-refractivity contribution in [3.8, 4) is 11.3 Å². The van der Waals surface area contributed by atoms with Gasteiger partial charge < -0.3 is 10.6 Å². The van der Waals surface area contributed by atoms with Gasteiger partial charge in [-0.1, -0.05) is 67.9 Å². The van der Waals surface area contributed by atoms with Crippen LogP contribution in [-0.2, 0) is 6.54 Å². The SMILES string of the molecule is Cc1ccc(-c2cc(Nc3ccc(C(=O)NCc4ccc(C(C)C)cc4)cc3)ncn2)cc1. The van der Waals surface area contributed by atoms with Gasteiger partial charge >= 0.3 is 0 Å². The van der Waals surface area contributed by atoms with Gasteiger partial charge in [0.05, 0.1) is 5.69 Å². The van der Waals surface area contributed by atoms with Crippen LogP contribution >= 0.6 is 0 Å². The van der Waals surface area contributed by atoms with E-state index in [1.807, 2.05) is 42.5 Å². The van der Waals surface area contributed by atoms with Crippen LogP contribution in [0.15, 0.2) is 85.2 Å². The molecule has 1 amide bonds. The van der Waals surface area contributed by atoms with Gasteiger partial charge in [0.2, 0.25) is 0 Å². The first kappa shape index (κ1) is 22.2. The summed E-state index contributed by atoms with van der Waals surface area (Å²) in [5, 5.41) is 6.26. The second-order valence-corrected chi connectivity index (χ2v) is 8.44. The van der Waals surface area contributed by atoms with Gasteiger partial charge in [-0.25, -0.2) is 9.97 Å². The number of hydrogen-bond donors (Lipinski definition) is 2. The number of nitrogens with one attached hydrogen (secondary N) is 2. The molecular weight excluding hydrogens is 408 g/mol. The Morgan fingerprint density at radius 2 is 1.58 bits per heavy atom. The van der Waals surface area contributed by atoms with Gasteiger partial charge in [0, 0.05) is 29.4 Å². The van der Waals surface area contributed by atoms with Gasteiger partial charge in [-0.3, -0.25) is 4.79 Å². The van der Waals surface area contributed by atoms with Crippen LogP contribution < -0.4 is 10.6 Å². The lowest BCUT2D eigenvalue weighted by Crippen LogP contribution is -2.22. The number of aromatic nitrogens is 2. The van der Waals surface area contributed by atoms with Crippen molar-refractivity contribution in [2.45, 2.75) is 33.2 Å². The Bertz CT molecular complexity index is 1210. The van der Waals surface area contributed by atoms with Crippen LogP contribution in [0.5, 0.6) is 0 Å². The summed E-state index contributed by atoms with van der Waals surface area (Å²) in [5.74, 6) is 1.10. The molecule has 4 rings (SSSR count). The zero-order chi connectivity index (χ0) is 23.2. The summed E-state index contributed by atoms with van der Waals surface area (Å²) in [4.78, 5) is 21.2. The molecule has 0 atom stereocenters. The Balaban J connectivity index is 1.36. The van der Waals surface area contributed by atoms with E-state index in [0.29, 0.717) is 23.8 Å². The maximum atomic E-state index is 12.5. The van der Waals surface area contributed by atoms with Crippen molar-refractivity contribution < 1.29 is 4.79 Å². The number of anilines is 2. The number of carbonyl (C=O) groups is 1. The number of amides is 1. The van der Waals surface area contributed by atoms with E-state index >= 15 is 0 Å². The fourth-order valence-corrected chi connectivity index (χ4v) is 3.47. The zero-order valence-corrected chi connectivity index (χ0v) is 19.2. The first-order valence-corrected chi connectivity index (χ1v) is 11.1. The van der Waals surface area contributed by atoms with Crippen molar-refractivity contribution in [2.75, 3.05) is 5.32 Å². The first-order chi connectivity index (χ1) is 16.0. The van der Waals surface area contributed by atoms with Crippen molar-refractivity contribution in [1.82, 2.24) is 15.3 Å². The molecule has 0 radical (unpaired) electrons. The van der Waals surface area contributed by atoms with Crippen LogP contribution in [0.2, 0.25) is 0 Å². The highest BCUT2D eigenvalue weighted by molar-refractivity contribution is 5.94. The molecule has 0 spiro atoms. The molecule has 0 aliphatic carbocycles. The Labute approximate surface area is 194 Å². The summed E-state index contributed by atoms with van der Waals surface area (Å²) in [5.41, 5.74) is 6.94. The second kappa shape index (κ2) is 10.1. The van der Waals surface area contributed by atoms with Gasteiger partial charge in [-0.2, -0.15) is 0 Å². The summed E-state index contributed by atoms with van der Waals surface area (Å²) in [7, 11) is 0. The molecule has 5 nitrogen and oxygen atoms in total. The van der Waals surface area contributed by atoms with Crippen LogP contribution in [0.3, 0.4) is 0 Å². The minimum Gasteiger partial charge on any atom is -0.348 e. The monoisotopic (exact) mass is 436 g/mol. The van der Waals surface area contributed by atoms with Crippen LogP contribution in [-0.4, -0.2) is 15.9 Å². The Hall–Kier alpha value is -3.99. The van der Waals surface area contributed by atoms with E-state index in [1.165, 1.54) is 11.1 Å². The van der Waals surface area contributed by atoms with E-state index < -0.39 is 0 Å². The number of nitrogens with zero attached hydrogens (tertiary/aromatic N) is 2. The molecule has 33 heavy (non-hydrogen) atoms. The molecule has 1 heterocycles. The van der Waals surface area contributed by atoms with Crippen molar-refractivity contribution in [2.24, 2.45) is 0 Å². The third-order valence-electron chi connectivity index (χ3n) is 5.53. The van der Waals surface area contributed by atoms with Crippen molar-refractivity contribution in [3.63, 3.8) is 0 Å². The second-order valence-electron chi connectivity index (χ2n) is 8.44. The highest BCUT2D eigenvalue weighted by Crippen LogP contribution is 2.22. The van der Waals surface area contributed by atoms with E-state index in [2.05, 4.69) is 77.8 Å². The van der Waals surface area contributed by atoms with E-state index in [-0.39, 0.29) is 5.91 Å². The molecule has 0 fully saturated rings. The molecule has 4 aromatic rings. The van der Waals surface area contributed by atoms with E-state index in [0.717, 1.165) is 22.5 Å². The van der Waals surface area contributed by atoms with Crippen LogP contribution in [0.1, 0.15) is 46.8 Å². The number of benzene rings is 3. The van der Waals surface area contributed by atoms with Crippen LogP contribution in [0.4, 0.5) is 11.5 Å². The maximum Gasteiger partial charge on any atom is 0.251 e. The van der Waals surface area contributed by atoms with Gasteiger partial charge in [-0.05, 0) is 48.2 Å². The summed E-state index contributed by atoms with van der Waals surface area (Å²) < 4.78 is 0. The summed E-state index contributed by atoms with van der Waals surface area (Å²) in [6, 6.07) is 25.9. The van der Waals surface area contributed by atoms with Crippen LogP contribution in [0, 0.1) is 6.92 Å². The minimum atomic E-state index is -0.0989. The topological polar surface area (TPSA) is 66.9 Å². The third kappa shape index (κ3) is 5.83. The fraction of sp³-hybridized carbons (Fsp3) is 0.179. The maximum absolute atomic E-state index is 12.5. The first-order valence-electron chi connectivity index (χ1n) is 11.1. The molecule has 2 N–H and O–H groups in total. The minimum absolute atomic E-state index is 0.0989. The predicted octanol–water partition coefficient (Wildman–Crippen LogP) is 6.25. The Kier molecular flexibility index (Phi) is 6.79. The van der Waals surface area contributed by atoms with Crippen molar-refractivity contribution >= 4 is 17.4 Å². The van der Waals surface area contributed by atoms with Gasteiger partial charge in [0.1, 0.15) is 12.1 Å².